The van der Waals surface area contributed by atoms with Crippen LogP contribution in [0.3, 0.4) is 0 Å². The number of benzene rings is 1. The van der Waals surface area contributed by atoms with Gasteiger partial charge in [0.25, 0.3) is 5.69 Å². The minimum absolute atomic E-state index is 0.00977. The molecular formula is C17H20N4O4S. The van der Waals surface area contributed by atoms with Crippen LogP contribution in [0.5, 0.6) is 0 Å². The fourth-order valence-electron chi connectivity index (χ4n) is 2.94. The largest absolute Gasteiger partial charge is 0.367 e. The van der Waals surface area contributed by atoms with Gasteiger partial charge < -0.3 is 5.32 Å². The fraction of sp³-hybridized carbons (Fsp3) is 0.353. The highest BCUT2D eigenvalue weighted by molar-refractivity contribution is 7.88. The number of anilines is 1. The van der Waals surface area contributed by atoms with Crippen LogP contribution < -0.4 is 5.32 Å². The zero-order valence-electron chi connectivity index (χ0n) is 14.1. The first-order valence-corrected chi connectivity index (χ1v) is 9.94. The lowest BCUT2D eigenvalue weighted by Gasteiger charge is -2.31. The molecule has 1 aliphatic rings. The number of hydrogen-bond donors (Lipinski definition) is 1. The molecule has 0 atom stereocenters. The Kier molecular flexibility index (Phi) is 5.48. The monoisotopic (exact) mass is 376 g/mol. The van der Waals surface area contributed by atoms with Crippen molar-refractivity contribution in [2.45, 2.75) is 24.6 Å². The van der Waals surface area contributed by atoms with Crippen molar-refractivity contribution in [2.24, 2.45) is 0 Å². The third-order valence-corrected chi connectivity index (χ3v) is 6.20. The van der Waals surface area contributed by atoms with E-state index in [0.717, 1.165) is 5.56 Å². The van der Waals surface area contributed by atoms with Crippen LogP contribution in [0.2, 0.25) is 0 Å². The summed E-state index contributed by atoms with van der Waals surface area (Å²) in [5, 5.41) is 13.9. The Morgan fingerprint density at radius 2 is 1.85 bits per heavy atom. The molecule has 0 saturated carbocycles. The van der Waals surface area contributed by atoms with E-state index in [-0.39, 0.29) is 17.5 Å². The van der Waals surface area contributed by atoms with Crippen molar-refractivity contribution >= 4 is 21.5 Å². The van der Waals surface area contributed by atoms with E-state index in [1.807, 2.05) is 30.3 Å². The standard InChI is InChI=1S/C17H20N4O4S/c22-21(23)16-6-7-17(18-12-16)19-15-8-10-20(11-9-15)26(24,25)13-14-4-2-1-3-5-14/h1-7,12,15H,8-11,13H2,(H,18,19). The lowest BCUT2D eigenvalue weighted by molar-refractivity contribution is -0.385. The topological polar surface area (TPSA) is 105 Å². The molecule has 0 radical (unpaired) electrons. The highest BCUT2D eigenvalue weighted by Gasteiger charge is 2.28. The Morgan fingerprint density at radius 1 is 1.15 bits per heavy atom. The number of nitrogens with zero attached hydrogens (tertiary/aromatic N) is 3. The molecule has 1 aromatic heterocycles. The number of sulfonamides is 1. The fourth-order valence-corrected chi connectivity index (χ4v) is 4.51. The second-order valence-electron chi connectivity index (χ2n) is 6.22. The molecule has 1 aliphatic heterocycles. The summed E-state index contributed by atoms with van der Waals surface area (Å²) >= 11 is 0. The summed E-state index contributed by atoms with van der Waals surface area (Å²) in [6.45, 7) is 0.889. The maximum absolute atomic E-state index is 12.6. The lowest BCUT2D eigenvalue weighted by Crippen LogP contribution is -2.42. The Labute approximate surface area is 152 Å². The zero-order chi connectivity index (χ0) is 18.6. The first kappa shape index (κ1) is 18.3. The van der Waals surface area contributed by atoms with Gasteiger partial charge in [-0.15, -0.1) is 0 Å². The average molecular weight is 376 g/mol. The van der Waals surface area contributed by atoms with Gasteiger partial charge in [0.2, 0.25) is 10.0 Å². The van der Waals surface area contributed by atoms with Gasteiger partial charge in [-0.25, -0.2) is 17.7 Å². The van der Waals surface area contributed by atoms with E-state index in [2.05, 4.69) is 10.3 Å². The van der Waals surface area contributed by atoms with E-state index in [9.17, 15) is 18.5 Å². The number of nitrogens with one attached hydrogen (secondary N) is 1. The first-order chi connectivity index (χ1) is 12.4. The molecule has 0 unspecified atom stereocenters. The van der Waals surface area contributed by atoms with Gasteiger partial charge in [-0.05, 0) is 24.5 Å². The third kappa shape index (κ3) is 4.55. The van der Waals surface area contributed by atoms with Crippen molar-refractivity contribution in [1.29, 1.82) is 0 Å². The molecule has 2 aromatic rings. The molecule has 0 spiro atoms. The summed E-state index contributed by atoms with van der Waals surface area (Å²) < 4.78 is 26.6. The molecule has 138 valence electrons. The summed E-state index contributed by atoms with van der Waals surface area (Å²) in [5.41, 5.74) is 0.722. The van der Waals surface area contributed by atoms with Crippen LogP contribution in [0.25, 0.3) is 0 Å². The number of piperidine rings is 1. The van der Waals surface area contributed by atoms with Gasteiger partial charge in [-0.1, -0.05) is 30.3 Å². The van der Waals surface area contributed by atoms with Crippen LogP contribution in [0.1, 0.15) is 18.4 Å². The van der Waals surface area contributed by atoms with E-state index in [1.165, 1.54) is 16.6 Å². The number of aromatic nitrogens is 1. The first-order valence-electron chi connectivity index (χ1n) is 8.33. The lowest BCUT2D eigenvalue weighted by atomic mass is 10.1. The second kappa shape index (κ2) is 7.79. The van der Waals surface area contributed by atoms with Gasteiger partial charge >= 0.3 is 0 Å². The molecule has 26 heavy (non-hydrogen) atoms. The minimum Gasteiger partial charge on any atom is -0.367 e. The summed E-state index contributed by atoms with van der Waals surface area (Å²) in [7, 11) is -3.33. The average Bonchev–Trinajstić information content (AvgIpc) is 2.63. The van der Waals surface area contributed by atoms with Gasteiger partial charge in [0.1, 0.15) is 12.0 Å². The maximum Gasteiger partial charge on any atom is 0.287 e. The van der Waals surface area contributed by atoms with Crippen LogP contribution in [-0.2, 0) is 15.8 Å². The predicted octanol–water partition coefficient (Wildman–Crippen LogP) is 2.40. The number of rotatable bonds is 6. The number of pyridine rings is 1. The molecule has 1 fully saturated rings. The van der Waals surface area contributed by atoms with Gasteiger partial charge in [0.15, 0.2) is 0 Å². The maximum atomic E-state index is 12.6. The second-order valence-corrected chi connectivity index (χ2v) is 8.19. The summed E-state index contributed by atoms with van der Waals surface area (Å²) in [5.74, 6) is 0.566. The third-order valence-electron chi connectivity index (χ3n) is 4.35. The molecule has 3 rings (SSSR count). The Hall–Kier alpha value is -2.52. The van der Waals surface area contributed by atoms with Crippen molar-refractivity contribution in [3.05, 3.63) is 64.3 Å². The van der Waals surface area contributed by atoms with Crippen molar-refractivity contribution < 1.29 is 13.3 Å². The van der Waals surface area contributed by atoms with Gasteiger partial charge in [0.05, 0.1) is 10.7 Å². The smallest absolute Gasteiger partial charge is 0.287 e. The van der Waals surface area contributed by atoms with Crippen LogP contribution in [0, 0.1) is 10.1 Å². The van der Waals surface area contributed by atoms with Crippen LogP contribution in [0.15, 0.2) is 48.7 Å². The van der Waals surface area contributed by atoms with Crippen molar-refractivity contribution in [2.75, 3.05) is 18.4 Å². The molecular weight excluding hydrogens is 356 g/mol. The molecule has 1 N–H and O–H groups in total. The highest BCUT2D eigenvalue weighted by atomic mass is 32.2. The van der Waals surface area contributed by atoms with E-state index >= 15 is 0 Å². The van der Waals surface area contributed by atoms with Gasteiger partial charge in [0, 0.05) is 25.2 Å². The Bertz CT molecular complexity index is 848. The molecule has 8 nitrogen and oxygen atoms in total. The molecule has 0 aliphatic carbocycles. The molecule has 0 bridgehead atoms. The Morgan fingerprint density at radius 3 is 2.42 bits per heavy atom. The minimum atomic E-state index is -3.33. The Balaban J connectivity index is 1.54. The predicted molar refractivity (Wildman–Crippen MR) is 98.2 cm³/mol. The summed E-state index contributed by atoms with van der Waals surface area (Å²) in [4.78, 5) is 14.2. The van der Waals surface area contributed by atoms with E-state index < -0.39 is 14.9 Å². The quantitative estimate of drug-likeness (QED) is 0.613. The highest BCUT2D eigenvalue weighted by Crippen LogP contribution is 2.20. The van der Waals surface area contributed by atoms with E-state index in [1.54, 1.807) is 6.07 Å². The molecule has 0 amide bonds. The number of nitro groups is 1. The van der Waals surface area contributed by atoms with Gasteiger partial charge in [-0.3, -0.25) is 10.1 Å². The summed E-state index contributed by atoms with van der Waals surface area (Å²) in [6.07, 6.45) is 2.53. The normalized spacial score (nSPS) is 16.3. The van der Waals surface area contributed by atoms with Crippen molar-refractivity contribution in [3.63, 3.8) is 0 Å². The zero-order valence-corrected chi connectivity index (χ0v) is 14.9. The van der Waals surface area contributed by atoms with Gasteiger partial charge in [-0.2, -0.15) is 0 Å². The van der Waals surface area contributed by atoms with E-state index in [4.69, 9.17) is 0 Å². The molecule has 9 heteroatoms. The van der Waals surface area contributed by atoms with Crippen molar-refractivity contribution in [1.82, 2.24) is 9.29 Å². The van der Waals surface area contributed by atoms with Crippen molar-refractivity contribution in [3.8, 4) is 0 Å². The van der Waals surface area contributed by atoms with Crippen LogP contribution >= 0.6 is 0 Å². The molecule has 1 saturated heterocycles. The summed E-state index contributed by atoms with van der Waals surface area (Å²) in [6, 6.07) is 12.2. The van der Waals surface area contributed by atoms with Crippen LogP contribution in [0.4, 0.5) is 11.5 Å². The number of hydrogen-bond acceptors (Lipinski definition) is 6. The molecule has 2 heterocycles. The van der Waals surface area contributed by atoms with E-state index in [0.29, 0.717) is 31.7 Å². The SMILES string of the molecule is O=[N+]([O-])c1ccc(NC2CCN(S(=O)(=O)Cc3ccccc3)CC2)nc1. The molecule has 1 aromatic carbocycles. The van der Waals surface area contributed by atoms with Crippen LogP contribution in [-0.4, -0.2) is 41.8 Å².